The van der Waals surface area contributed by atoms with E-state index < -0.39 is 139 Å². The molecule has 21 heteroatoms. The average molecular weight is 918 g/mol. The van der Waals surface area contributed by atoms with E-state index in [-0.39, 0.29) is 36.8 Å². The number of hydrogen-bond donors (Lipinski definition) is 9. The summed E-state index contributed by atoms with van der Waals surface area (Å²) in [4.78, 5) is 142. The molecule has 7 amide bonds. The number of primary amides is 1. The molecule has 0 spiro atoms. The molecular weight excluding hydrogens is 851 g/mol. The van der Waals surface area contributed by atoms with E-state index in [1.54, 1.807) is 66.7 Å². The van der Waals surface area contributed by atoms with Crippen molar-refractivity contribution < 1.29 is 67.7 Å². The van der Waals surface area contributed by atoms with E-state index in [0.717, 1.165) is 0 Å². The number of carboxylic acid groups (broad SMARTS) is 2. The van der Waals surface area contributed by atoms with E-state index in [1.807, 2.05) is 6.92 Å². The maximum Gasteiger partial charge on any atom is 0.311 e. The molecule has 21 nitrogen and oxygen atoms in total. The molecule has 0 fully saturated rings. The Balaban J connectivity index is 3.51. The molecule has 0 aromatic heterocycles. The number of aliphatic carboxylic acids is 2. The summed E-state index contributed by atoms with van der Waals surface area (Å²) in [6.45, 7) is 13.9. The van der Waals surface area contributed by atoms with Gasteiger partial charge >= 0.3 is 17.9 Å². The van der Waals surface area contributed by atoms with Gasteiger partial charge in [-0.25, -0.2) is 0 Å². The summed E-state index contributed by atoms with van der Waals surface area (Å²) in [6, 6.07) is -0.652. The molecule has 0 radical (unpaired) electrons. The number of rotatable bonds is 29. The summed E-state index contributed by atoms with van der Waals surface area (Å²) in [6.07, 6.45) is -1.72. The summed E-state index contributed by atoms with van der Waals surface area (Å²) < 4.78 is 5.31. The number of unbranched alkanes of at least 4 members (excludes halogenated alkanes) is 1. The van der Waals surface area contributed by atoms with Crippen molar-refractivity contribution in [3.05, 3.63) is 30.3 Å². The van der Waals surface area contributed by atoms with Crippen molar-refractivity contribution in [2.45, 2.75) is 156 Å². The number of hydrogen-bond acceptors (Lipinski definition) is 12. The van der Waals surface area contributed by atoms with E-state index >= 15 is 0 Å². The topological polar surface area (TPSA) is 336 Å². The van der Waals surface area contributed by atoms with Crippen molar-refractivity contribution in [1.82, 2.24) is 31.9 Å². The molecule has 362 valence electrons. The van der Waals surface area contributed by atoms with Crippen LogP contribution in [0, 0.1) is 17.3 Å². The fourth-order valence-electron chi connectivity index (χ4n) is 6.32. The molecule has 6 atom stereocenters. The zero-order chi connectivity index (χ0) is 49.6. The molecule has 1 aromatic carbocycles. The number of nitrogens with one attached hydrogen (secondary N) is 6. The number of carbonyl (C=O) groups is 11. The van der Waals surface area contributed by atoms with Crippen LogP contribution in [-0.4, -0.2) is 112 Å². The van der Waals surface area contributed by atoms with Crippen LogP contribution >= 0.6 is 0 Å². The normalized spacial score (nSPS) is 14.0. The molecule has 65 heavy (non-hydrogen) atoms. The van der Waals surface area contributed by atoms with Gasteiger partial charge in [0.2, 0.25) is 41.2 Å². The van der Waals surface area contributed by atoms with Crippen molar-refractivity contribution >= 4 is 65.0 Å². The number of nitrogens with two attached hydrogens (primary N) is 1. The molecule has 0 aliphatic rings. The van der Waals surface area contributed by atoms with E-state index in [9.17, 15) is 57.8 Å². The van der Waals surface area contributed by atoms with E-state index in [0.29, 0.717) is 12.8 Å². The molecule has 0 aliphatic heterocycles. The number of Topliss-reactive ketones (excluding diaryl/α,β-unsaturated/α-hetero) is 1. The van der Waals surface area contributed by atoms with Gasteiger partial charge in [-0.15, -0.1) is 0 Å². The van der Waals surface area contributed by atoms with Crippen molar-refractivity contribution in [1.29, 1.82) is 0 Å². The van der Waals surface area contributed by atoms with Crippen LogP contribution in [0.2, 0.25) is 0 Å². The first-order valence-corrected chi connectivity index (χ1v) is 21.6. The van der Waals surface area contributed by atoms with Gasteiger partial charge in [0.15, 0.2) is 0 Å². The standard InChI is InChI=1S/C44H67N7O14/c1-9-10-16-27(36(58)38(45)59)47-40(61)29(21-24(2)3)50-43(64)37(44(6,7)8)51-42(63)30(22-25(4)5)49-39(60)28(17-20-35(57)65-26-14-12-11-13-15-26)48-41(62)31(23-34(55)56)46-32(52)18-19-33(53)54/h11-15,24-25,27-31,37H,9-10,16-23H2,1-8H3,(H2,45,59)(H,46,52)(H,47,61)(H,48,62)(H,49,60)(H,50,64)(H,51,63)(H,53,54)(H,55,56)/t27-,28-,29-,30-,31-,37+/m0/s1. The van der Waals surface area contributed by atoms with E-state index in [4.69, 9.17) is 15.6 Å². The van der Waals surface area contributed by atoms with Crippen LogP contribution in [-0.2, 0) is 52.7 Å². The smallest absolute Gasteiger partial charge is 0.311 e. The SMILES string of the molecule is CCCC[C@H](NC(=O)[C@H](CC(C)C)NC(=O)[C@@H](NC(=O)[C@H](CC(C)C)NC(=O)[C@H](CCC(=O)Oc1ccccc1)NC(=O)[C@H](CC(=O)O)NC(=O)CCC(=O)O)C(C)(C)C)C(=O)C(N)=O. The molecule has 1 rings (SSSR count). The highest BCUT2D eigenvalue weighted by molar-refractivity contribution is 6.37. The highest BCUT2D eigenvalue weighted by atomic mass is 16.5. The zero-order valence-electron chi connectivity index (χ0n) is 38.4. The van der Waals surface area contributed by atoms with Gasteiger partial charge in [-0.3, -0.25) is 52.7 Å². The summed E-state index contributed by atoms with van der Waals surface area (Å²) in [5.74, 6) is -11.6. The predicted octanol–water partition coefficient (Wildman–Crippen LogP) is 1.00. The number of carboxylic acids is 2. The van der Waals surface area contributed by atoms with Crippen LogP contribution in [0.5, 0.6) is 5.75 Å². The van der Waals surface area contributed by atoms with Gasteiger partial charge < -0.3 is 52.6 Å². The van der Waals surface area contributed by atoms with Crippen molar-refractivity contribution in [2.24, 2.45) is 23.0 Å². The Bertz CT molecular complexity index is 1850. The summed E-state index contributed by atoms with van der Waals surface area (Å²) in [5.41, 5.74) is 4.22. The Morgan fingerprint density at radius 3 is 1.58 bits per heavy atom. The Morgan fingerprint density at radius 2 is 1.09 bits per heavy atom. The van der Waals surface area contributed by atoms with Gasteiger partial charge in [-0.1, -0.05) is 86.4 Å². The lowest BCUT2D eigenvalue weighted by atomic mass is 9.85. The summed E-state index contributed by atoms with van der Waals surface area (Å²) in [5, 5.41) is 33.4. The number of para-hydroxylation sites is 1. The number of benzene rings is 1. The molecular formula is C44H67N7O14. The van der Waals surface area contributed by atoms with Crippen LogP contribution in [0.3, 0.4) is 0 Å². The summed E-state index contributed by atoms with van der Waals surface area (Å²) >= 11 is 0. The maximum atomic E-state index is 14.1. The highest BCUT2D eigenvalue weighted by Crippen LogP contribution is 2.21. The monoisotopic (exact) mass is 917 g/mol. The largest absolute Gasteiger partial charge is 0.481 e. The lowest BCUT2D eigenvalue weighted by Crippen LogP contribution is -2.62. The van der Waals surface area contributed by atoms with Gasteiger partial charge in [-0.05, 0) is 55.1 Å². The van der Waals surface area contributed by atoms with Gasteiger partial charge in [0, 0.05) is 12.8 Å². The van der Waals surface area contributed by atoms with Crippen LogP contribution < -0.4 is 42.4 Å². The van der Waals surface area contributed by atoms with Crippen molar-refractivity contribution in [3.8, 4) is 5.75 Å². The predicted molar refractivity (Wildman–Crippen MR) is 234 cm³/mol. The minimum Gasteiger partial charge on any atom is -0.481 e. The molecule has 10 N–H and O–H groups in total. The Labute approximate surface area is 378 Å². The fourth-order valence-corrected chi connectivity index (χ4v) is 6.32. The van der Waals surface area contributed by atoms with Crippen molar-refractivity contribution in [3.63, 3.8) is 0 Å². The van der Waals surface area contributed by atoms with Crippen LogP contribution in [0.25, 0.3) is 0 Å². The second-order valence-electron chi connectivity index (χ2n) is 17.6. The average Bonchev–Trinajstić information content (AvgIpc) is 3.20. The van der Waals surface area contributed by atoms with Gasteiger partial charge in [0.05, 0.1) is 18.9 Å². The minimum atomic E-state index is -1.78. The molecule has 0 aliphatic carbocycles. The number of carbonyl (C=O) groups excluding carboxylic acids is 9. The molecule has 0 saturated carbocycles. The molecule has 0 heterocycles. The van der Waals surface area contributed by atoms with E-state index in [2.05, 4.69) is 31.9 Å². The highest BCUT2D eigenvalue weighted by Gasteiger charge is 2.39. The van der Waals surface area contributed by atoms with E-state index in [1.165, 1.54) is 12.1 Å². The van der Waals surface area contributed by atoms with Gasteiger partial charge in [-0.2, -0.15) is 0 Å². The third-order valence-electron chi connectivity index (χ3n) is 9.66. The van der Waals surface area contributed by atoms with Crippen LogP contribution in [0.4, 0.5) is 0 Å². The lowest BCUT2D eigenvalue weighted by Gasteiger charge is -2.34. The first-order valence-electron chi connectivity index (χ1n) is 21.6. The minimum absolute atomic E-state index is 0.0144. The van der Waals surface area contributed by atoms with Crippen molar-refractivity contribution in [2.75, 3.05) is 0 Å². The number of amides is 7. The molecule has 1 aromatic rings. The fraction of sp³-hybridized carbons (Fsp3) is 0.614. The quantitative estimate of drug-likeness (QED) is 0.0308. The third-order valence-corrected chi connectivity index (χ3v) is 9.66. The Morgan fingerprint density at radius 1 is 0.600 bits per heavy atom. The number of ketones is 1. The second kappa shape index (κ2) is 27.7. The summed E-state index contributed by atoms with van der Waals surface area (Å²) in [7, 11) is 0. The van der Waals surface area contributed by atoms with Crippen LogP contribution in [0.15, 0.2) is 30.3 Å². The molecule has 0 unspecified atom stereocenters. The third kappa shape index (κ3) is 22.2. The number of ether oxygens (including phenoxy) is 1. The maximum absolute atomic E-state index is 14.1. The Hall–Kier alpha value is -6.41. The second-order valence-corrected chi connectivity index (χ2v) is 17.6. The number of esters is 1. The lowest BCUT2D eigenvalue weighted by molar-refractivity contribution is -0.142. The first kappa shape index (κ1) is 56.6. The molecule has 0 bridgehead atoms. The van der Waals surface area contributed by atoms with Crippen LogP contribution in [0.1, 0.15) is 120 Å². The van der Waals surface area contributed by atoms with Gasteiger partial charge in [0.1, 0.15) is 36.0 Å². The zero-order valence-corrected chi connectivity index (χ0v) is 38.4. The van der Waals surface area contributed by atoms with Gasteiger partial charge in [0.25, 0.3) is 5.91 Å². The first-order chi connectivity index (χ1) is 30.2. The molecule has 0 saturated heterocycles. The Kier molecular flexibility index (Phi) is 24.1.